The van der Waals surface area contributed by atoms with Crippen molar-refractivity contribution in [2.45, 2.75) is 45.1 Å². The van der Waals surface area contributed by atoms with Gasteiger partial charge in [-0.15, -0.1) is 0 Å². The molecule has 150 valence electrons. The molecule has 2 aromatic carbocycles. The third kappa shape index (κ3) is 4.46. The van der Waals surface area contributed by atoms with Crippen molar-refractivity contribution in [2.75, 3.05) is 11.9 Å². The molecule has 1 heterocycles. The van der Waals surface area contributed by atoms with Crippen molar-refractivity contribution in [3.63, 3.8) is 0 Å². The van der Waals surface area contributed by atoms with Crippen LogP contribution < -0.4 is 15.9 Å². The monoisotopic (exact) mass is 402 g/mol. The third-order valence-corrected chi connectivity index (χ3v) is 7.71. The number of carbonyl (C=O) groups is 1. The van der Waals surface area contributed by atoms with Crippen LogP contribution in [0.15, 0.2) is 54.6 Å². The SMILES string of the molecule is CC1(C)COP(=O)(c2ccc(NC(=O)OCc3ccccc3)cc2)C(C)(C)N1. The second kappa shape index (κ2) is 7.70. The van der Waals surface area contributed by atoms with Gasteiger partial charge in [-0.1, -0.05) is 30.3 Å². The van der Waals surface area contributed by atoms with Gasteiger partial charge in [-0.2, -0.15) is 0 Å². The number of anilines is 1. The topological polar surface area (TPSA) is 76.7 Å². The molecule has 1 unspecified atom stereocenters. The minimum absolute atomic E-state index is 0.198. The average Bonchev–Trinajstić information content (AvgIpc) is 2.64. The molecule has 1 aliphatic heterocycles. The molecule has 0 aliphatic carbocycles. The second-order valence-corrected chi connectivity index (χ2v) is 11.1. The number of ether oxygens (including phenoxy) is 1. The van der Waals surface area contributed by atoms with Crippen molar-refractivity contribution in [1.29, 1.82) is 0 Å². The molecule has 1 saturated heterocycles. The van der Waals surface area contributed by atoms with Gasteiger partial charge in [-0.3, -0.25) is 15.2 Å². The largest absolute Gasteiger partial charge is 0.444 e. The Labute approximate surface area is 166 Å². The van der Waals surface area contributed by atoms with Crippen LogP contribution >= 0.6 is 7.37 Å². The van der Waals surface area contributed by atoms with Crippen LogP contribution in [0.3, 0.4) is 0 Å². The van der Waals surface area contributed by atoms with Gasteiger partial charge in [-0.05, 0) is 57.5 Å². The van der Waals surface area contributed by atoms with E-state index >= 15 is 0 Å². The highest BCUT2D eigenvalue weighted by Crippen LogP contribution is 2.59. The highest BCUT2D eigenvalue weighted by Gasteiger charge is 2.50. The van der Waals surface area contributed by atoms with E-state index in [2.05, 4.69) is 10.6 Å². The molecule has 0 aromatic heterocycles. The van der Waals surface area contributed by atoms with E-state index in [4.69, 9.17) is 9.26 Å². The lowest BCUT2D eigenvalue weighted by Gasteiger charge is -2.47. The van der Waals surface area contributed by atoms with Crippen molar-refractivity contribution in [2.24, 2.45) is 0 Å². The van der Waals surface area contributed by atoms with Crippen molar-refractivity contribution >= 4 is 24.5 Å². The van der Waals surface area contributed by atoms with Crippen LogP contribution in [0.4, 0.5) is 10.5 Å². The fourth-order valence-electron chi connectivity index (χ4n) is 3.37. The lowest BCUT2D eigenvalue weighted by Crippen LogP contribution is -2.59. The molecule has 6 nitrogen and oxygen atoms in total. The molecule has 28 heavy (non-hydrogen) atoms. The lowest BCUT2D eigenvalue weighted by atomic mass is 10.1. The van der Waals surface area contributed by atoms with Gasteiger partial charge < -0.3 is 9.26 Å². The average molecular weight is 402 g/mol. The van der Waals surface area contributed by atoms with Crippen molar-refractivity contribution in [1.82, 2.24) is 5.32 Å². The van der Waals surface area contributed by atoms with Crippen molar-refractivity contribution in [3.8, 4) is 0 Å². The van der Waals surface area contributed by atoms with Gasteiger partial charge in [0, 0.05) is 16.5 Å². The lowest BCUT2D eigenvalue weighted by molar-refractivity contribution is 0.147. The third-order valence-electron chi connectivity index (χ3n) is 4.65. The molecule has 1 fully saturated rings. The molecule has 1 amide bonds. The minimum Gasteiger partial charge on any atom is -0.444 e. The number of hydrogen-bond donors (Lipinski definition) is 2. The fraction of sp³-hybridized carbons (Fsp3) is 0.381. The summed E-state index contributed by atoms with van der Waals surface area (Å²) in [5.74, 6) is 0. The molecule has 0 spiro atoms. The standard InChI is InChI=1S/C21H27N2O4P/c1-20(2)15-27-28(25,21(3,4)23-20)18-12-10-17(11-13-18)22-19(24)26-14-16-8-6-5-7-9-16/h5-13,23H,14-15H2,1-4H3,(H,22,24). The molecule has 1 aliphatic rings. The van der Waals surface area contributed by atoms with Crippen LogP contribution in [0, 0.1) is 0 Å². The second-order valence-electron chi connectivity index (χ2n) is 8.13. The summed E-state index contributed by atoms with van der Waals surface area (Å²) in [6, 6.07) is 16.3. The van der Waals surface area contributed by atoms with Crippen LogP contribution in [-0.2, 0) is 20.4 Å². The number of benzene rings is 2. The Bertz CT molecular complexity index is 879. The van der Waals surface area contributed by atoms with E-state index in [0.29, 0.717) is 17.6 Å². The van der Waals surface area contributed by atoms with E-state index < -0.39 is 18.7 Å². The van der Waals surface area contributed by atoms with Crippen molar-refractivity contribution in [3.05, 3.63) is 60.2 Å². The summed E-state index contributed by atoms with van der Waals surface area (Å²) in [5.41, 5.74) is 1.23. The van der Waals surface area contributed by atoms with Gasteiger partial charge in [0.2, 0.25) is 0 Å². The highest BCUT2D eigenvalue weighted by atomic mass is 31.2. The molecule has 7 heteroatoms. The highest BCUT2D eigenvalue weighted by molar-refractivity contribution is 7.68. The van der Waals surface area contributed by atoms with Crippen LogP contribution in [0.1, 0.15) is 33.3 Å². The Kier molecular flexibility index (Phi) is 5.67. The molecular formula is C21H27N2O4P. The summed E-state index contributed by atoms with van der Waals surface area (Å²) in [6.45, 7) is 8.38. The predicted octanol–water partition coefficient (Wildman–Crippen LogP) is 4.47. The molecule has 1 atom stereocenters. The normalized spacial score (nSPS) is 23.0. The molecule has 2 N–H and O–H groups in total. The summed E-state index contributed by atoms with van der Waals surface area (Å²) < 4.78 is 24.7. The first-order valence-electron chi connectivity index (χ1n) is 9.24. The van der Waals surface area contributed by atoms with E-state index in [1.165, 1.54) is 0 Å². The van der Waals surface area contributed by atoms with Crippen LogP contribution in [0.5, 0.6) is 0 Å². The molecule has 0 radical (unpaired) electrons. The number of rotatable bonds is 4. The Morgan fingerprint density at radius 2 is 1.75 bits per heavy atom. The maximum Gasteiger partial charge on any atom is 0.411 e. The number of nitrogens with one attached hydrogen (secondary N) is 2. The van der Waals surface area contributed by atoms with Crippen molar-refractivity contribution < 1.29 is 18.6 Å². The van der Waals surface area contributed by atoms with Crippen LogP contribution in [0.25, 0.3) is 0 Å². The van der Waals surface area contributed by atoms with E-state index in [-0.39, 0.29) is 12.1 Å². The van der Waals surface area contributed by atoms with E-state index in [1.807, 2.05) is 58.0 Å². The Balaban J connectivity index is 1.65. The summed E-state index contributed by atoms with van der Waals surface area (Å²) in [7, 11) is -3.11. The molecule has 0 saturated carbocycles. The number of amides is 1. The molecular weight excluding hydrogens is 375 g/mol. The molecule has 3 rings (SSSR count). The van der Waals surface area contributed by atoms with Gasteiger partial charge in [0.15, 0.2) is 0 Å². The zero-order valence-electron chi connectivity index (χ0n) is 16.7. The van der Waals surface area contributed by atoms with Gasteiger partial charge in [-0.25, -0.2) is 4.79 Å². The summed E-state index contributed by atoms with van der Waals surface area (Å²) in [4.78, 5) is 12.0. The quantitative estimate of drug-likeness (QED) is 0.738. The van der Waals surface area contributed by atoms with Gasteiger partial charge in [0.05, 0.1) is 11.9 Å². The zero-order chi connectivity index (χ0) is 20.4. The zero-order valence-corrected chi connectivity index (χ0v) is 17.6. The first-order valence-corrected chi connectivity index (χ1v) is 10.9. The maximum absolute atomic E-state index is 13.6. The summed E-state index contributed by atoms with van der Waals surface area (Å²) >= 11 is 0. The van der Waals surface area contributed by atoms with Gasteiger partial charge in [0.25, 0.3) is 7.37 Å². The van der Waals surface area contributed by atoms with Gasteiger partial charge >= 0.3 is 6.09 Å². The predicted molar refractivity (Wildman–Crippen MR) is 111 cm³/mol. The smallest absolute Gasteiger partial charge is 0.411 e. The van der Waals surface area contributed by atoms with Gasteiger partial charge in [0.1, 0.15) is 6.61 Å². The maximum atomic E-state index is 13.6. The first kappa shape index (κ1) is 20.6. The fourth-order valence-corrected chi connectivity index (χ4v) is 5.98. The minimum atomic E-state index is -3.11. The summed E-state index contributed by atoms with van der Waals surface area (Å²) in [5, 5.41) is 6.02. The first-order chi connectivity index (χ1) is 13.1. The molecule has 2 aromatic rings. The Morgan fingerprint density at radius 1 is 1.11 bits per heavy atom. The van der Waals surface area contributed by atoms with E-state index in [0.717, 1.165) is 5.56 Å². The number of carbonyl (C=O) groups excluding carboxylic acids is 1. The summed E-state index contributed by atoms with van der Waals surface area (Å²) in [6.07, 6.45) is -0.541. The van der Waals surface area contributed by atoms with Crippen LogP contribution in [0.2, 0.25) is 0 Å². The van der Waals surface area contributed by atoms with E-state index in [9.17, 15) is 9.36 Å². The Morgan fingerprint density at radius 3 is 2.36 bits per heavy atom. The van der Waals surface area contributed by atoms with Crippen LogP contribution in [-0.4, -0.2) is 23.5 Å². The Hall–Kier alpha value is -2.14. The van der Waals surface area contributed by atoms with E-state index in [1.54, 1.807) is 24.3 Å². The number of hydrogen-bond acceptors (Lipinski definition) is 5. The molecule has 0 bridgehead atoms.